The van der Waals surface area contributed by atoms with Crippen LogP contribution in [0.25, 0.3) is 17.0 Å². The fraction of sp³-hybridized carbons (Fsp3) is 0.158. The lowest BCUT2D eigenvalue weighted by molar-refractivity contribution is -0.111. The van der Waals surface area contributed by atoms with Gasteiger partial charge in [0.15, 0.2) is 0 Å². The third-order valence-corrected chi connectivity index (χ3v) is 4.41. The predicted octanol–water partition coefficient (Wildman–Crippen LogP) is 4.87. The third kappa shape index (κ3) is 3.48. The summed E-state index contributed by atoms with van der Waals surface area (Å²) in [6.45, 7) is 6.04. The fourth-order valence-electron chi connectivity index (χ4n) is 2.63. The number of fused-ring (bicyclic) bond motifs is 1. The first-order valence-corrected chi connectivity index (χ1v) is 8.32. The molecule has 4 heteroatoms. The van der Waals surface area contributed by atoms with Gasteiger partial charge in [0.1, 0.15) is 0 Å². The number of pyridine rings is 1. The lowest BCUT2D eigenvalue weighted by atomic mass is 10.0. The molecule has 0 radical (unpaired) electrons. The van der Waals surface area contributed by atoms with Crippen LogP contribution in [0.2, 0.25) is 0 Å². The molecule has 116 valence electrons. The van der Waals surface area contributed by atoms with Gasteiger partial charge in [0.05, 0.1) is 11.2 Å². The topological polar surface area (TPSA) is 42.0 Å². The number of hydrogen-bond acceptors (Lipinski definition) is 3. The Kier molecular flexibility index (Phi) is 4.26. The van der Waals surface area contributed by atoms with Crippen molar-refractivity contribution in [2.45, 2.75) is 20.8 Å². The van der Waals surface area contributed by atoms with E-state index in [1.807, 2.05) is 43.5 Å². The van der Waals surface area contributed by atoms with Crippen LogP contribution in [0.1, 0.15) is 21.7 Å². The number of aryl methyl sites for hydroxylation is 3. The Morgan fingerprint density at radius 2 is 2.04 bits per heavy atom. The second-order valence-electron chi connectivity index (χ2n) is 5.63. The highest BCUT2D eigenvalue weighted by Crippen LogP contribution is 2.27. The summed E-state index contributed by atoms with van der Waals surface area (Å²) < 4.78 is 0. The van der Waals surface area contributed by atoms with Crippen LogP contribution in [-0.4, -0.2) is 10.9 Å². The smallest absolute Gasteiger partial charge is 0.248 e. The zero-order chi connectivity index (χ0) is 16.4. The zero-order valence-electron chi connectivity index (χ0n) is 13.4. The van der Waals surface area contributed by atoms with Crippen molar-refractivity contribution in [3.8, 4) is 0 Å². The number of benzene rings is 1. The molecule has 0 saturated carbocycles. The summed E-state index contributed by atoms with van der Waals surface area (Å²) in [7, 11) is 0. The molecule has 3 aromatic rings. The first-order chi connectivity index (χ1) is 11.0. The van der Waals surface area contributed by atoms with Gasteiger partial charge in [-0.1, -0.05) is 17.7 Å². The van der Waals surface area contributed by atoms with E-state index >= 15 is 0 Å². The van der Waals surface area contributed by atoms with E-state index in [0.717, 1.165) is 38.3 Å². The number of hydrogen-bond donors (Lipinski definition) is 1. The van der Waals surface area contributed by atoms with Crippen molar-refractivity contribution in [1.82, 2.24) is 4.98 Å². The normalized spacial score (nSPS) is 11.3. The van der Waals surface area contributed by atoms with Crippen LogP contribution in [0.4, 0.5) is 5.69 Å². The molecule has 1 aromatic carbocycles. The van der Waals surface area contributed by atoms with E-state index in [-0.39, 0.29) is 5.91 Å². The average molecular weight is 322 g/mol. The number of carbonyl (C=O) groups is 1. The van der Waals surface area contributed by atoms with Gasteiger partial charge in [-0.3, -0.25) is 9.78 Å². The monoisotopic (exact) mass is 322 g/mol. The molecule has 1 N–H and O–H groups in total. The Morgan fingerprint density at radius 3 is 2.78 bits per heavy atom. The second kappa shape index (κ2) is 6.34. The summed E-state index contributed by atoms with van der Waals surface area (Å²) in [6.07, 6.45) is 3.39. The summed E-state index contributed by atoms with van der Waals surface area (Å²) in [4.78, 5) is 17.9. The summed E-state index contributed by atoms with van der Waals surface area (Å²) in [6, 6.07) is 10.0. The third-order valence-electron chi connectivity index (χ3n) is 3.58. The van der Waals surface area contributed by atoms with Crippen LogP contribution in [-0.2, 0) is 4.79 Å². The molecule has 0 aliphatic rings. The number of nitrogens with one attached hydrogen (secondary N) is 1. The van der Waals surface area contributed by atoms with Crippen molar-refractivity contribution in [1.29, 1.82) is 0 Å². The maximum atomic E-state index is 12.2. The molecule has 0 bridgehead atoms. The van der Waals surface area contributed by atoms with Gasteiger partial charge in [0.25, 0.3) is 0 Å². The average Bonchev–Trinajstić information content (AvgIpc) is 3.00. The molecule has 2 aromatic heterocycles. The molecule has 0 saturated heterocycles. The maximum Gasteiger partial charge on any atom is 0.248 e. The van der Waals surface area contributed by atoms with Crippen LogP contribution < -0.4 is 5.32 Å². The van der Waals surface area contributed by atoms with Crippen LogP contribution in [0.5, 0.6) is 0 Å². The lowest BCUT2D eigenvalue weighted by Crippen LogP contribution is -2.09. The Morgan fingerprint density at radius 1 is 1.22 bits per heavy atom. The highest BCUT2D eigenvalue weighted by Gasteiger charge is 2.09. The zero-order valence-corrected chi connectivity index (χ0v) is 14.2. The van der Waals surface area contributed by atoms with Crippen molar-refractivity contribution in [3.05, 3.63) is 63.5 Å². The Bertz CT molecular complexity index is 895. The van der Waals surface area contributed by atoms with Gasteiger partial charge >= 0.3 is 0 Å². The Hall–Kier alpha value is -2.46. The number of aromatic nitrogens is 1. The first-order valence-electron chi connectivity index (χ1n) is 7.44. The quantitative estimate of drug-likeness (QED) is 0.699. The van der Waals surface area contributed by atoms with Gasteiger partial charge in [-0.15, -0.1) is 11.3 Å². The van der Waals surface area contributed by atoms with Crippen molar-refractivity contribution in [3.63, 3.8) is 0 Å². The lowest BCUT2D eigenvalue weighted by Gasteiger charge is -2.11. The number of carbonyl (C=O) groups excluding carboxylic acids is 1. The molecule has 0 aliphatic carbocycles. The highest BCUT2D eigenvalue weighted by molar-refractivity contribution is 7.10. The van der Waals surface area contributed by atoms with Gasteiger partial charge in [0, 0.05) is 22.0 Å². The van der Waals surface area contributed by atoms with E-state index in [1.54, 1.807) is 17.4 Å². The van der Waals surface area contributed by atoms with Crippen molar-refractivity contribution >= 4 is 39.9 Å². The second-order valence-corrected chi connectivity index (χ2v) is 6.61. The number of rotatable bonds is 3. The molecule has 1 amide bonds. The number of amides is 1. The summed E-state index contributed by atoms with van der Waals surface area (Å²) in [5.41, 5.74) is 4.91. The summed E-state index contributed by atoms with van der Waals surface area (Å²) in [5.74, 6) is -0.135. The van der Waals surface area contributed by atoms with E-state index in [4.69, 9.17) is 0 Å². The molecule has 0 fully saturated rings. The van der Waals surface area contributed by atoms with Crippen LogP contribution in [0, 0.1) is 20.8 Å². The number of thiophene rings is 1. The molecular weight excluding hydrogens is 304 g/mol. The van der Waals surface area contributed by atoms with Crippen LogP contribution in [0.15, 0.2) is 41.8 Å². The van der Waals surface area contributed by atoms with Crippen LogP contribution >= 0.6 is 11.3 Å². The molecule has 3 rings (SSSR count). The first kappa shape index (κ1) is 15.4. The van der Waals surface area contributed by atoms with Gasteiger partial charge < -0.3 is 5.32 Å². The minimum absolute atomic E-state index is 0.135. The van der Waals surface area contributed by atoms with Crippen molar-refractivity contribution in [2.75, 3.05) is 5.32 Å². The number of nitrogens with zero attached hydrogens (tertiary/aromatic N) is 1. The minimum atomic E-state index is -0.135. The summed E-state index contributed by atoms with van der Waals surface area (Å²) >= 11 is 1.60. The SMILES string of the molecule is Cc1cc(C)c2nc(C)cc(NC(=O)/C=C/c3cccs3)c2c1. The maximum absolute atomic E-state index is 12.2. The molecule has 0 aliphatic heterocycles. The van der Waals surface area contributed by atoms with Crippen LogP contribution in [0.3, 0.4) is 0 Å². The van der Waals surface area contributed by atoms with E-state index < -0.39 is 0 Å². The van der Waals surface area contributed by atoms with E-state index in [1.165, 1.54) is 0 Å². The number of anilines is 1. The standard InChI is InChI=1S/C19H18N2OS/c1-12-9-13(2)19-16(10-12)17(11-14(3)20-19)21-18(22)7-6-15-5-4-8-23-15/h4-11H,1-3H3,(H,20,21,22)/b7-6+. The van der Waals surface area contributed by atoms with Gasteiger partial charge in [-0.2, -0.15) is 0 Å². The van der Waals surface area contributed by atoms with Crippen molar-refractivity contribution < 1.29 is 4.79 Å². The highest BCUT2D eigenvalue weighted by atomic mass is 32.1. The van der Waals surface area contributed by atoms with Gasteiger partial charge in [0.2, 0.25) is 5.91 Å². The Balaban J connectivity index is 1.94. The molecule has 3 nitrogen and oxygen atoms in total. The molecule has 2 heterocycles. The Labute approximate surface area is 139 Å². The summed E-state index contributed by atoms with van der Waals surface area (Å²) in [5, 5.41) is 5.95. The minimum Gasteiger partial charge on any atom is -0.322 e. The molecule has 0 atom stereocenters. The molecular formula is C19H18N2OS. The predicted molar refractivity (Wildman–Crippen MR) is 97.9 cm³/mol. The van der Waals surface area contributed by atoms with Gasteiger partial charge in [-0.05, 0) is 56.0 Å². The molecule has 0 spiro atoms. The molecule has 23 heavy (non-hydrogen) atoms. The van der Waals surface area contributed by atoms with E-state index in [0.29, 0.717) is 0 Å². The molecule has 0 unspecified atom stereocenters. The van der Waals surface area contributed by atoms with E-state index in [2.05, 4.69) is 29.4 Å². The van der Waals surface area contributed by atoms with Gasteiger partial charge in [-0.25, -0.2) is 0 Å². The van der Waals surface area contributed by atoms with E-state index in [9.17, 15) is 4.79 Å². The largest absolute Gasteiger partial charge is 0.322 e. The fourth-order valence-corrected chi connectivity index (χ4v) is 3.25. The van der Waals surface area contributed by atoms with Crippen molar-refractivity contribution in [2.24, 2.45) is 0 Å².